The summed E-state index contributed by atoms with van der Waals surface area (Å²) in [4.78, 5) is 0. The zero-order valence-electron chi connectivity index (χ0n) is 7.76. The smallest absolute Gasteiger partial charge is 0.192 e. The standard InChI is InChI=1S/C9H16O3/c1-3-8-5-10-7-9(4-2,12-8)11-6-8/h3-7H2,1-2H3. The highest BCUT2D eigenvalue weighted by Crippen LogP contribution is 2.39. The Labute approximate surface area is 73.0 Å². The van der Waals surface area contributed by atoms with Gasteiger partial charge >= 0.3 is 0 Å². The highest BCUT2D eigenvalue weighted by atomic mass is 16.8. The lowest BCUT2D eigenvalue weighted by Gasteiger charge is -2.36. The molecule has 0 aromatic carbocycles. The van der Waals surface area contributed by atoms with Crippen molar-refractivity contribution in [1.82, 2.24) is 0 Å². The summed E-state index contributed by atoms with van der Waals surface area (Å²) in [5.41, 5.74) is -0.145. The molecule has 2 rings (SSSR count). The van der Waals surface area contributed by atoms with Crippen molar-refractivity contribution in [3.63, 3.8) is 0 Å². The van der Waals surface area contributed by atoms with E-state index in [1.165, 1.54) is 0 Å². The maximum absolute atomic E-state index is 5.92. The molecule has 3 heteroatoms. The Bertz CT molecular complexity index is 165. The second-order valence-electron chi connectivity index (χ2n) is 3.68. The average Bonchev–Trinajstić information content (AvgIpc) is 2.41. The van der Waals surface area contributed by atoms with Gasteiger partial charge in [-0.1, -0.05) is 13.8 Å². The van der Waals surface area contributed by atoms with E-state index in [1.54, 1.807) is 0 Å². The lowest BCUT2D eigenvalue weighted by Crippen LogP contribution is -2.47. The zero-order valence-corrected chi connectivity index (χ0v) is 7.76. The van der Waals surface area contributed by atoms with Crippen molar-refractivity contribution in [2.75, 3.05) is 19.8 Å². The summed E-state index contributed by atoms with van der Waals surface area (Å²) < 4.78 is 17.1. The lowest BCUT2D eigenvalue weighted by molar-refractivity contribution is -0.263. The topological polar surface area (TPSA) is 27.7 Å². The maximum Gasteiger partial charge on any atom is 0.192 e. The fourth-order valence-electron chi connectivity index (χ4n) is 1.80. The summed E-state index contributed by atoms with van der Waals surface area (Å²) in [6.45, 7) is 6.15. The fraction of sp³-hybridized carbons (Fsp3) is 1.00. The van der Waals surface area contributed by atoms with Gasteiger partial charge in [0.25, 0.3) is 0 Å². The Morgan fingerprint density at radius 2 is 1.92 bits per heavy atom. The monoisotopic (exact) mass is 172 g/mol. The van der Waals surface area contributed by atoms with Crippen LogP contribution < -0.4 is 0 Å². The molecule has 0 amide bonds. The average molecular weight is 172 g/mol. The van der Waals surface area contributed by atoms with Gasteiger partial charge in [-0.3, -0.25) is 0 Å². The molecule has 0 saturated carbocycles. The van der Waals surface area contributed by atoms with Crippen molar-refractivity contribution in [3.05, 3.63) is 0 Å². The molecule has 2 heterocycles. The molecule has 0 N–H and O–H groups in total. The van der Waals surface area contributed by atoms with Crippen LogP contribution in [0.5, 0.6) is 0 Å². The van der Waals surface area contributed by atoms with Crippen LogP contribution in [-0.4, -0.2) is 31.2 Å². The Hall–Kier alpha value is -0.120. The molecule has 0 aliphatic carbocycles. The van der Waals surface area contributed by atoms with Crippen LogP contribution in [0.4, 0.5) is 0 Å². The Morgan fingerprint density at radius 3 is 2.58 bits per heavy atom. The van der Waals surface area contributed by atoms with Crippen molar-refractivity contribution < 1.29 is 14.2 Å². The van der Waals surface area contributed by atoms with Crippen LogP contribution in [0.3, 0.4) is 0 Å². The van der Waals surface area contributed by atoms with Crippen LogP contribution >= 0.6 is 0 Å². The second-order valence-corrected chi connectivity index (χ2v) is 3.68. The van der Waals surface area contributed by atoms with E-state index in [2.05, 4.69) is 13.8 Å². The highest BCUT2D eigenvalue weighted by molar-refractivity contribution is 4.93. The molecule has 2 fully saturated rings. The lowest BCUT2D eigenvalue weighted by atomic mass is 10.0. The van der Waals surface area contributed by atoms with Gasteiger partial charge in [-0.05, 0) is 6.42 Å². The van der Waals surface area contributed by atoms with Crippen molar-refractivity contribution in [1.29, 1.82) is 0 Å². The van der Waals surface area contributed by atoms with Gasteiger partial charge in [0.1, 0.15) is 12.2 Å². The number of ether oxygens (including phenoxy) is 3. The molecule has 2 saturated heterocycles. The number of hydrogen-bond donors (Lipinski definition) is 0. The molecule has 0 radical (unpaired) electrons. The van der Waals surface area contributed by atoms with Crippen LogP contribution in [0, 0.1) is 0 Å². The Morgan fingerprint density at radius 1 is 1.08 bits per heavy atom. The van der Waals surface area contributed by atoms with Crippen LogP contribution in [0.2, 0.25) is 0 Å². The third kappa shape index (κ3) is 1.08. The zero-order chi connectivity index (χ0) is 8.66. The molecule has 0 aromatic heterocycles. The predicted molar refractivity (Wildman–Crippen MR) is 43.9 cm³/mol. The summed E-state index contributed by atoms with van der Waals surface area (Å²) in [5.74, 6) is -0.422. The molecule has 3 nitrogen and oxygen atoms in total. The molecule has 70 valence electrons. The molecule has 0 spiro atoms. The molecular formula is C9H16O3. The van der Waals surface area contributed by atoms with Crippen molar-refractivity contribution in [2.24, 2.45) is 0 Å². The van der Waals surface area contributed by atoms with Gasteiger partial charge in [0.05, 0.1) is 13.2 Å². The molecular weight excluding hydrogens is 156 g/mol. The molecule has 2 bridgehead atoms. The van der Waals surface area contributed by atoms with E-state index in [1.807, 2.05) is 0 Å². The summed E-state index contributed by atoms with van der Waals surface area (Å²) in [7, 11) is 0. The van der Waals surface area contributed by atoms with Gasteiger partial charge < -0.3 is 14.2 Å². The molecule has 12 heavy (non-hydrogen) atoms. The van der Waals surface area contributed by atoms with E-state index in [9.17, 15) is 0 Å². The van der Waals surface area contributed by atoms with E-state index in [0.29, 0.717) is 19.8 Å². The summed E-state index contributed by atoms with van der Waals surface area (Å²) >= 11 is 0. The van der Waals surface area contributed by atoms with E-state index in [0.717, 1.165) is 12.8 Å². The van der Waals surface area contributed by atoms with Crippen LogP contribution in [0.25, 0.3) is 0 Å². The first kappa shape index (κ1) is 8.48. The van der Waals surface area contributed by atoms with Gasteiger partial charge in [-0.25, -0.2) is 0 Å². The van der Waals surface area contributed by atoms with E-state index in [4.69, 9.17) is 14.2 Å². The Balaban J connectivity index is 2.16. The first-order valence-corrected chi connectivity index (χ1v) is 4.66. The minimum absolute atomic E-state index is 0.145. The first-order valence-electron chi connectivity index (χ1n) is 4.66. The van der Waals surface area contributed by atoms with Gasteiger partial charge in [0.2, 0.25) is 0 Å². The minimum atomic E-state index is -0.422. The normalized spacial score (nSPS) is 46.5. The maximum atomic E-state index is 5.92. The fourth-order valence-corrected chi connectivity index (χ4v) is 1.80. The number of hydrogen-bond acceptors (Lipinski definition) is 3. The van der Waals surface area contributed by atoms with Gasteiger partial charge in [-0.2, -0.15) is 0 Å². The van der Waals surface area contributed by atoms with E-state index in [-0.39, 0.29) is 5.60 Å². The SMILES string of the molecule is CCC12COCC(CC)(OC1)O2. The molecule has 2 aliphatic heterocycles. The Kier molecular flexibility index (Phi) is 1.90. The van der Waals surface area contributed by atoms with Crippen LogP contribution in [0.1, 0.15) is 26.7 Å². The molecule has 2 atom stereocenters. The second kappa shape index (κ2) is 2.69. The van der Waals surface area contributed by atoms with Crippen molar-refractivity contribution in [3.8, 4) is 0 Å². The van der Waals surface area contributed by atoms with E-state index >= 15 is 0 Å². The summed E-state index contributed by atoms with van der Waals surface area (Å²) in [5, 5.41) is 0. The van der Waals surface area contributed by atoms with Gasteiger partial charge in [0, 0.05) is 6.42 Å². The van der Waals surface area contributed by atoms with Crippen LogP contribution in [-0.2, 0) is 14.2 Å². The predicted octanol–water partition coefficient (Wildman–Crippen LogP) is 1.32. The van der Waals surface area contributed by atoms with Crippen molar-refractivity contribution in [2.45, 2.75) is 38.1 Å². The highest BCUT2D eigenvalue weighted by Gasteiger charge is 2.52. The first-order chi connectivity index (χ1) is 5.74. The van der Waals surface area contributed by atoms with Gasteiger partial charge in [-0.15, -0.1) is 0 Å². The molecule has 0 aromatic rings. The third-order valence-electron chi connectivity index (χ3n) is 2.87. The van der Waals surface area contributed by atoms with E-state index < -0.39 is 5.79 Å². The number of rotatable bonds is 2. The number of fused-ring (bicyclic) bond motifs is 2. The molecule has 2 aliphatic rings. The summed E-state index contributed by atoms with van der Waals surface area (Å²) in [6, 6.07) is 0. The molecule has 2 unspecified atom stereocenters. The van der Waals surface area contributed by atoms with Crippen LogP contribution in [0.15, 0.2) is 0 Å². The largest absolute Gasteiger partial charge is 0.373 e. The quantitative estimate of drug-likeness (QED) is 0.628. The minimum Gasteiger partial charge on any atom is -0.373 e. The summed E-state index contributed by atoms with van der Waals surface area (Å²) in [6.07, 6.45) is 1.84. The van der Waals surface area contributed by atoms with Crippen molar-refractivity contribution >= 4 is 0 Å². The van der Waals surface area contributed by atoms with Gasteiger partial charge in [0.15, 0.2) is 5.79 Å². The third-order valence-corrected chi connectivity index (χ3v) is 2.87.